The molecule has 2 aromatic rings. The maximum Gasteiger partial charge on any atom is 0.217 e. The Labute approximate surface area is 94.3 Å². The Bertz CT molecular complexity index is 534. The lowest BCUT2D eigenvalue weighted by molar-refractivity contribution is -0.118. The van der Waals surface area contributed by atoms with Gasteiger partial charge >= 0.3 is 0 Å². The predicted molar refractivity (Wildman–Crippen MR) is 64.0 cm³/mol. The maximum atomic E-state index is 10.8. The molecule has 82 valence electrons. The number of fused-ring (bicyclic) bond motifs is 1. The number of pyridine rings is 1. The summed E-state index contributed by atoms with van der Waals surface area (Å²) in [7, 11) is 0. The van der Waals surface area contributed by atoms with Gasteiger partial charge in [0.1, 0.15) is 0 Å². The monoisotopic (exact) mass is 214 g/mol. The Morgan fingerprint density at radius 3 is 2.88 bits per heavy atom. The van der Waals surface area contributed by atoms with E-state index in [1.54, 1.807) is 0 Å². The molecule has 1 amide bonds. The molecule has 16 heavy (non-hydrogen) atoms. The van der Waals surface area contributed by atoms with Crippen LogP contribution in [0.5, 0.6) is 0 Å². The van der Waals surface area contributed by atoms with Gasteiger partial charge in [-0.05, 0) is 24.8 Å². The average Bonchev–Trinajstić information content (AvgIpc) is 2.25. The van der Waals surface area contributed by atoms with Gasteiger partial charge in [0.15, 0.2) is 0 Å². The highest BCUT2D eigenvalue weighted by Crippen LogP contribution is 2.19. The van der Waals surface area contributed by atoms with Crippen molar-refractivity contribution in [1.29, 1.82) is 0 Å². The smallest absolute Gasteiger partial charge is 0.217 e. The second-order valence-corrected chi connectivity index (χ2v) is 3.90. The van der Waals surface area contributed by atoms with Crippen LogP contribution in [-0.2, 0) is 11.2 Å². The molecule has 0 fully saturated rings. The number of carbonyl (C=O) groups excluding carboxylic acids is 1. The van der Waals surface area contributed by atoms with E-state index in [-0.39, 0.29) is 5.91 Å². The van der Waals surface area contributed by atoms with Crippen molar-refractivity contribution in [2.24, 2.45) is 5.73 Å². The van der Waals surface area contributed by atoms with Crippen molar-refractivity contribution in [1.82, 2.24) is 4.98 Å². The van der Waals surface area contributed by atoms with Gasteiger partial charge in [0.25, 0.3) is 0 Å². The largest absolute Gasteiger partial charge is 0.370 e. The van der Waals surface area contributed by atoms with Gasteiger partial charge in [-0.3, -0.25) is 9.78 Å². The summed E-state index contributed by atoms with van der Waals surface area (Å²) < 4.78 is 0. The fourth-order valence-corrected chi connectivity index (χ4v) is 1.85. The van der Waals surface area contributed by atoms with Crippen molar-refractivity contribution < 1.29 is 4.79 Å². The third-order valence-electron chi connectivity index (χ3n) is 2.56. The van der Waals surface area contributed by atoms with Crippen molar-refractivity contribution in [3.05, 3.63) is 41.7 Å². The number of hydrogen-bond donors (Lipinski definition) is 1. The molecule has 0 saturated heterocycles. The van der Waals surface area contributed by atoms with Crippen molar-refractivity contribution in [3.63, 3.8) is 0 Å². The van der Waals surface area contributed by atoms with E-state index < -0.39 is 0 Å². The third-order valence-corrected chi connectivity index (χ3v) is 2.56. The number of nitrogens with two attached hydrogens (primary N) is 1. The highest BCUT2D eigenvalue weighted by atomic mass is 16.1. The SMILES string of the molecule is Cc1cc2ccccc2c(CCC(N)=O)n1. The fourth-order valence-electron chi connectivity index (χ4n) is 1.85. The topological polar surface area (TPSA) is 56.0 Å². The minimum Gasteiger partial charge on any atom is -0.370 e. The van der Waals surface area contributed by atoms with Crippen LogP contribution in [0.15, 0.2) is 30.3 Å². The van der Waals surface area contributed by atoms with Crippen LogP contribution in [0.2, 0.25) is 0 Å². The van der Waals surface area contributed by atoms with E-state index >= 15 is 0 Å². The minimum absolute atomic E-state index is 0.285. The summed E-state index contributed by atoms with van der Waals surface area (Å²) in [5, 5.41) is 2.27. The number of aromatic nitrogens is 1. The van der Waals surface area contributed by atoms with Gasteiger partial charge in [0.2, 0.25) is 5.91 Å². The third kappa shape index (κ3) is 2.19. The number of primary amides is 1. The zero-order valence-corrected chi connectivity index (χ0v) is 9.23. The second-order valence-electron chi connectivity index (χ2n) is 3.90. The molecule has 1 aromatic heterocycles. The molecule has 2 rings (SSSR count). The van der Waals surface area contributed by atoms with Crippen molar-refractivity contribution >= 4 is 16.7 Å². The molecule has 0 aliphatic heterocycles. The first-order chi connectivity index (χ1) is 7.66. The summed E-state index contributed by atoms with van der Waals surface area (Å²) >= 11 is 0. The Balaban J connectivity index is 2.46. The number of carbonyl (C=O) groups is 1. The van der Waals surface area contributed by atoms with Crippen molar-refractivity contribution in [2.75, 3.05) is 0 Å². The summed E-state index contributed by atoms with van der Waals surface area (Å²) in [4.78, 5) is 15.3. The van der Waals surface area contributed by atoms with Crippen molar-refractivity contribution in [3.8, 4) is 0 Å². The fraction of sp³-hybridized carbons (Fsp3) is 0.231. The van der Waals surface area contributed by atoms with Crippen LogP contribution in [0.25, 0.3) is 10.8 Å². The molecule has 0 atom stereocenters. The Hall–Kier alpha value is -1.90. The Morgan fingerprint density at radius 1 is 1.38 bits per heavy atom. The van der Waals surface area contributed by atoms with Crippen LogP contribution in [0.1, 0.15) is 17.8 Å². The molecule has 1 aromatic carbocycles. The lowest BCUT2D eigenvalue weighted by atomic mass is 10.1. The maximum absolute atomic E-state index is 10.8. The Morgan fingerprint density at radius 2 is 2.12 bits per heavy atom. The van der Waals surface area contributed by atoms with E-state index in [1.165, 1.54) is 0 Å². The summed E-state index contributed by atoms with van der Waals surface area (Å²) in [6.45, 7) is 1.96. The highest BCUT2D eigenvalue weighted by molar-refractivity contribution is 5.85. The lowest BCUT2D eigenvalue weighted by Gasteiger charge is -2.06. The molecule has 0 aliphatic carbocycles. The van der Waals surface area contributed by atoms with E-state index in [0.29, 0.717) is 12.8 Å². The van der Waals surface area contributed by atoms with Gasteiger partial charge in [0, 0.05) is 23.2 Å². The van der Waals surface area contributed by atoms with Crippen LogP contribution in [0.3, 0.4) is 0 Å². The normalized spacial score (nSPS) is 10.6. The van der Waals surface area contributed by atoms with Gasteiger partial charge in [-0.1, -0.05) is 24.3 Å². The first-order valence-corrected chi connectivity index (χ1v) is 5.30. The van der Waals surface area contributed by atoms with E-state index in [2.05, 4.69) is 11.1 Å². The van der Waals surface area contributed by atoms with E-state index in [9.17, 15) is 4.79 Å². The van der Waals surface area contributed by atoms with Crippen molar-refractivity contribution in [2.45, 2.75) is 19.8 Å². The molecule has 3 heteroatoms. The molecule has 0 bridgehead atoms. The summed E-state index contributed by atoms with van der Waals surface area (Å²) in [6, 6.07) is 10.1. The molecule has 1 heterocycles. The van der Waals surface area contributed by atoms with Crippen LogP contribution >= 0.6 is 0 Å². The van der Waals surface area contributed by atoms with E-state index in [0.717, 1.165) is 22.2 Å². The summed E-state index contributed by atoms with van der Waals surface area (Å²) in [5.41, 5.74) is 7.08. The number of aryl methyl sites for hydroxylation is 2. The van der Waals surface area contributed by atoms with Gasteiger partial charge in [0.05, 0.1) is 0 Å². The van der Waals surface area contributed by atoms with Gasteiger partial charge < -0.3 is 5.73 Å². The minimum atomic E-state index is -0.285. The summed E-state index contributed by atoms with van der Waals surface area (Å²) in [5.74, 6) is -0.285. The van der Waals surface area contributed by atoms with E-state index in [1.807, 2.05) is 31.2 Å². The van der Waals surface area contributed by atoms with Crippen LogP contribution in [-0.4, -0.2) is 10.9 Å². The van der Waals surface area contributed by atoms with Crippen LogP contribution in [0.4, 0.5) is 0 Å². The first kappa shape index (κ1) is 10.6. The van der Waals surface area contributed by atoms with E-state index in [4.69, 9.17) is 5.73 Å². The molecule has 0 radical (unpaired) electrons. The molecule has 2 N–H and O–H groups in total. The molecule has 3 nitrogen and oxygen atoms in total. The zero-order chi connectivity index (χ0) is 11.5. The number of hydrogen-bond acceptors (Lipinski definition) is 2. The second kappa shape index (κ2) is 4.31. The van der Waals surface area contributed by atoms with Gasteiger partial charge in [-0.25, -0.2) is 0 Å². The molecule has 0 aliphatic rings. The standard InChI is InChI=1S/C13H14N2O/c1-9-8-10-4-2-3-5-11(10)12(15-9)6-7-13(14)16/h2-5,8H,6-7H2,1H3,(H2,14,16). The quantitative estimate of drug-likeness (QED) is 0.849. The van der Waals surface area contributed by atoms with Gasteiger partial charge in [-0.2, -0.15) is 0 Å². The number of benzene rings is 1. The predicted octanol–water partition coefficient (Wildman–Crippen LogP) is 1.96. The summed E-state index contributed by atoms with van der Waals surface area (Å²) in [6.07, 6.45) is 0.956. The molecular formula is C13H14N2O. The number of amides is 1. The molecular weight excluding hydrogens is 200 g/mol. The average molecular weight is 214 g/mol. The van der Waals surface area contributed by atoms with Crippen LogP contribution < -0.4 is 5.73 Å². The van der Waals surface area contributed by atoms with Gasteiger partial charge in [-0.15, -0.1) is 0 Å². The first-order valence-electron chi connectivity index (χ1n) is 5.30. The number of nitrogens with zero attached hydrogens (tertiary/aromatic N) is 1. The van der Waals surface area contributed by atoms with Crippen LogP contribution in [0, 0.1) is 6.92 Å². The number of rotatable bonds is 3. The molecule has 0 unspecified atom stereocenters. The highest BCUT2D eigenvalue weighted by Gasteiger charge is 2.05. The Kier molecular flexibility index (Phi) is 2.86. The molecule has 0 spiro atoms. The zero-order valence-electron chi connectivity index (χ0n) is 9.23. The lowest BCUT2D eigenvalue weighted by Crippen LogP contribution is -2.12. The molecule has 0 saturated carbocycles.